The van der Waals surface area contributed by atoms with Crippen molar-refractivity contribution in [3.05, 3.63) is 123 Å². The van der Waals surface area contributed by atoms with Crippen LogP contribution in [0.3, 0.4) is 0 Å². The molecule has 0 saturated heterocycles. The van der Waals surface area contributed by atoms with Gasteiger partial charge in [0.15, 0.2) is 5.82 Å². The SMILES string of the molecule is CCCn1c(=O)n(Cc2ccc(F)cc2)c(=O)c2cc(C(=O)c3nc(-c4cnn(C)c4)c4ccccn34)ccc21. The fourth-order valence-corrected chi connectivity index (χ4v) is 5.00. The van der Waals surface area contributed by atoms with Gasteiger partial charge in [0.1, 0.15) is 11.5 Å². The number of nitrogens with zero attached hydrogens (tertiary/aromatic N) is 6. The number of pyridine rings is 1. The second-order valence-electron chi connectivity index (χ2n) is 9.66. The van der Waals surface area contributed by atoms with E-state index in [1.165, 1.54) is 18.2 Å². The first-order valence-corrected chi connectivity index (χ1v) is 12.9. The third-order valence-electron chi connectivity index (χ3n) is 6.92. The molecule has 0 bridgehead atoms. The van der Waals surface area contributed by atoms with Crippen LogP contribution in [0.25, 0.3) is 27.7 Å². The van der Waals surface area contributed by atoms with E-state index in [2.05, 4.69) is 10.1 Å². The van der Waals surface area contributed by atoms with Crippen molar-refractivity contribution in [2.45, 2.75) is 26.4 Å². The van der Waals surface area contributed by atoms with E-state index in [-0.39, 0.29) is 29.1 Å². The van der Waals surface area contributed by atoms with E-state index in [1.54, 1.807) is 50.3 Å². The van der Waals surface area contributed by atoms with Crippen molar-refractivity contribution in [1.29, 1.82) is 0 Å². The van der Waals surface area contributed by atoms with Gasteiger partial charge < -0.3 is 0 Å². The number of fused-ring (bicyclic) bond motifs is 2. The lowest BCUT2D eigenvalue weighted by atomic mass is 10.1. The topological polar surface area (TPSA) is 96.2 Å². The second kappa shape index (κ2) is 9.88. The van der Waals surface area contributed by atoms with Crippen LogP contribution in [0.15, 0.2) is 88.8 Å². The molecule has 0 fully saturated rings. The number of carbonyl (C=O) groups is 1. The molecule has 6 rings (SSSR count). The van der Waals surface area contributed by atoms with Gasteiger partial charge in [-0.25, -0.2) is 14.2 Å². The van der Waals surface area contributed by atoms with Crippen molar-refractivity contribution in [3.8, 4) is 11.3 Å². The first-order chi connectivity index (χ1) is 19.4. The zero-order chi connectivity index (χ0) is 28.0. The average molecular weight is 537 g/mol. The molecule has 0 unspecified atom stereocenters. The summed E-state index contributed by atoms with van der Waals surface area (Å²) in [5, 5.41) is 4.47. The van der Waals surface area contributed by atoms with E-state index >= 15 is 0 Å². The minimum absolute atomic E-state index is 0.0187. The Morgan fingerprint density at radius 3 is 2.50 bits per heavy atom. The zero-order valence-electron chi connectivity index (χ0n) is 21.9. The van der Waals surface area contributed by atoms with Crippen LogP contribution in [0.1, 0.15) is 35.1 Å². The van der Waals surface area contributed by atoms with E-state index in [1.807, 2.05) is 38.4 Å². The summed E-state index contributed by atoms with van der Waals surface area (Å²) in [6, 6.07) is 16.0. The Kier molecular flexibility index (Phi) is 6.22. The van der Waals surface area contributed by atoms with Crippen molar-refractivity contribution < 1.29 is 9.18 Å². The van der Waals surface area contributed by atoms with Crippen LogP contribution in [0.4, 0.5) is 4.39 Å². The summed E-state index contributed by atoms with van der Waals surface area (Å²) in [7, 11) is 1.81. The maximum atomic E-state index is 13.8. The van der Waals surface area contributed by atoms with E-state index in [9.17, 15) is 18.8 Å². The van der Waals surface area contributed by atoms with E-state index in [0.717, 1.165) is 15.6 Å². The summed E-state index contributed by atoms with van der Waals surface area (Å²) in [5.41, 5.74) is 2.51. The molecule has 0 aliphatic carbocycles. The number of rotatable bonds is 7. The van der Waals surface area contributed by atoms with Crippen LogP contribution in [0, 0.1) is 5.82 Å². The predicted octanol–water partition coefficient (Wildman–Crippen LogP) is 4.04. The first-order valence-electron chi connectivity index (χ1n) is 12.9. The van der Waals surface area contributed by atoms with Gasteiger partial charge in [-0.2, -0.15) is 5.10 Å². The Morgan fingerprint density at radius 2 is 1.77 bits per heavy atom. The molecule has 2 aromatic carbocycles. The van der Waals surface area contributed by atoms with Crippen LogP contribution in [-0.4, -0.2) is 34.1 Å². The van der Waals surface area contributed by atoms with Crippen molar-refractivity contribution in [2.24, 2.45) is 7.05 Å². The molecule has 0 aliphatic rings. The number of halogens is 1. The van der Waals surface area contributed by atoms with Gasteiger partial charge in [-0.3, -0.25) is 27.8 Å². The number of aryl methyl sites for hydroxylation is 2. The Balaban J connectivity index is 1.50. The molecule has 9 nitrogen and oxygen atoms in total. The standard InChI is InChI=1S/C30H25FN6O3/c1-3-13-36-24-12-9-20(15-23(24)29(39)37(30(36)40)17-19-7-10-22(31)11-8-19)27(38)28-33-26(21-16-32-34(2)18-21)25-6-4-5-14-35(25)28/h4-12,14-16,18H,3,13,17H2,1-2H3. The smallest absolute Gasteiger partial charge is 0.296 e. The van der Waals surface area contributed by atoms with Gasteiger partial charge in [-0.1, -0.05) is 25.1 Å². The summed E-state index contributed by atoms with van der Waals surface area (Å²) in [5.74, 6) is -0.572. The van der Waals surface area contributed by atoms with E-state index < -0.39 is 17.1 Å². The van der Waals surface area contributed by atoms with Gasteiger partial charge >= 0.3 is 5.69 Å². The maximum Gasteiger partial charge on any atom is 0.331 e. The number of aromatic nitrogens is 6. The molecule has 6 aromatic rings. The molecule has 0 atom stereocenters. The molecule has 0 saturated carbocycles. The molecule has 0 N–H and O–H groups in total. The zero-order valence-corrected chi connectivity index (χ0v) is 21.9. The molecule has 4 aromatic heterocycles. The molecule has 0 aliphatic heterocycles. The normalized spacial score (nSPS) is 11.5. The fraction of sp³-hybridized carbons (Fsp3) is 0.167. The maximum absolute atomic E-state index is 13.8. The van der Waals surface area contributed by atoms with Crippen LogP contribution in [0.5, 0.6) is 0 Å². The molecule has 4 heterocycles. The largest absolute Gasteiger partial charge is 0.331 e. The van der Waals surface area contributed by atoms with Crippen LogP contribution in [0.2, 0.25) is 0 Å². The number of hydrogen-bond acceptors (Lipinski definition) is 5. The van der Waals surface area contributed by atoms with E-state index in [0.29, 0.717) is 29.7 Å². The minimum atomic E-state index is -0.518. The van der Waals surface area contributed by atoms with Gasteiger partial charge in [-0.05, 0) is 54.4 Å². The molecular weight excluding hydrogens is 511 g/mol. The number of ketones is 1. The molecule has 200 valence electrons. The summed E-state index contributed by atoms with van der Waals surface area (Å²) in [6.45, 7) is 2.32. The molecule has 10 heteroatoms. The Bertz CT molecular complexity index is 2030. The quantitative estimate of drug-likeness (QED) is 0.287. The summed E-state index contributed by atoms with van der Waals surface area (Å²) in [4.78, 5) is 45.5. The lowest BCUT2D eigenvalue weighted by molar-refractivity contribution is 0.102. The number of hydrogen-bond donors (Lipinski definition) is 0. The van der Waals surface area contributed by atoms with Crippen LogP contribution < -0.4 is 11.2 Å². The fourth-order valence-electron chi connectivity index (χ4n) is 5.00. The van der Waals surface area contributed by atoms with Crippen molar-refractivity contribution in [2.75, 3.05) is 0 Å². The highest BCUT2D eigenvalue weighted by Gasteiger charge is 2.22. The van der Waals surface area contributed by atoms with Gasteiger partial charge in [-0.15, -0.1) is 0 Å². The average Bonchev–Trinajstić information content (AvgIpc) is 3.57. The predicted molar refractivity (Wildman–Crippen MR) is 149 cm³/mol. The Morgan fingerprint density at radius 1 is 0.975 bits per heavy atom. The molecule has 0 spiro atoms. The number of carbonyl (C=O) groups excluding carboxylic acids is 1. The van der Waals surface area contributed by atoms with Crippen LogP contribution in [-0.2, 0) is 20.1 Å². The van der Waals surface area contributed by atoms with Gasteiger partial charge in [0.25, 0.3) is 5.56 Å². The van der Waals surface area contributed by atoms with Gasteiger partial charge in [0.2, 0.25) is 5.78 Å². The Labute approximate surface area is 227 Å². The molecule has 0 amide bonds. The van der Waals surface area contributed by atoms with Crippen molar-refractivity contribution in [3.63, 3.8) is 0 Å². The molecular formula is C30H25FN6O3. The lowest BCUT2D eigenvalue weighted by Gasteiger charge is -2.14. The highest BCUT2D eigenvalue weighted by molar-refractivity contribution is 6.09. The number of imidazole rings is 1. The van der Waals surface area contributed by atoms with E-state index in [4.69, 9.17) is 0 Å². The van der Waals surface area contributed by atoms with Crippen molar-refractivity contribution in [1.82, 2.24) is 28.3 Å². The monoisotopic (exact) mass is 536 g/mol. The van der Waals surface area contributed by atoms with Gasteiger partial charge in [0.05, 0.1) is 29.2 Å². The second-order valence-corrected chi connectivity index (χ2v) is 9.66. The molecule has 40 heavy (non-hydrogen) atoms. The third kappa shape index (κ3) is 4.23. The highest BCUT2D eigenvalue weighted by atomic mass is 19.1. The number of benzene rings is 2. The summed E-state index contributed by atoms with van der Waals surface area (Å²) in [6.07, 6.45) is 5.96. The Hall–Kier alpha value is -5.12. The highest BCUT2D eigenvalue weighted by Crippen LogP contribution is 2.26. The van der Waals surface area contributed by atoms with Crippen LogP contribution >= 0.6 is 0 Å². The summed E-state index contributed by atoms with van der Waals surface area (Å²) < 4.78 is 19.5. The van der Waals surface area contributed by atoms with Crippen molar-refractivity contribution >= 4 is 22.2 Å². The third-order valence-corrected chi connectivity index (χ3v) is 6.92. The van der Waals surface area contributed by atoms with Gasteiger partial charge in [0, 0.05) is 37.1 Å². The summed E-state index contributed by atoms with van der Waals surface area (Å²) >= 11 is 0. The lowest BCUT2D eigenvalue weighted by Crippen LogP contribution is -2.40. The first kappa shape index (κ1) is 25.2. The minimum Gasteiger partial charge on any atom is -0.296 e. The molecule has 0 radical (unpaired) electrons.